The molecule has 84 valence electrons. The Morgan fingerprint density at radius 2 is 2.00 bits per heavy atom. The minimum Gasteiger partial charge on any atom is -0.314 e. The van der Waals surface area contributed by atoms with Gasteiger partial charge in [-0.05, 0) is 45.1 Å². The van der Waals surface area contributed by atoms with Gasteiger partial charge in [0.15, 0.2) is 0 Å². The van der Waals surface area contributed by atoms with Crippen molar-refractivity contribution in [3.8, 4) is 0 Å². The van der Waals surface area contributed by atoms with Gasteiger partial charge in [0.05, 0.1) is 0 Å². The molecule has 0 saturated carbocycles. The Morgan fingerprint density at radius 1 is 1.36 bits per heavy atom. The van der Waals surface area contributed by atoms with E-state index in [4.69, 9.17) is 0 Å². The summed E-state index contributed by atoms with van der Waals surface area (Å²) in [7, 11) is 0. The van der Waals surface area contributed by atoms with Gasteiger partial charge in [0.25, 0.3) is 0 Å². The molecule has 0 rings (SSSR count). The second-order valence-corrected chi connectivity index (χ2v) is 4.78. The number of rotatable bonds is 8. The van der Waals surface area contributed by atoms with Crippen molar-refractivity contribution >= 4 is 0 Å². The van der Waals surface area contributed by atoms with Gasteiger partial charge in [0.1, 0.15) is 0 Å². The maximum Gasteiger partial charge on any atom is 0.00725 e. The third-order valence-corrected chi connectivity index (χ3v) is 2.36. The van der Waals surface area contributed by atoms with Crippen LogP contribution in [0.1, 0.15) is 53.4 Å². The number of hydrogen-bond acceptors (Lipinski definition) is 1. The van der Waals surface area contributed by atoms with E-state index >= 15 is 0 Å². The average molecular weight is 197 g/mol. The van der Waals surface area contributed by atoms with Gasteiger partial charge in [-0.15, -0.1) is 6.58 Å². The molecule has 1 unspecified atom stereocenters. The van der Waals surface area contributed by atoms with Crippen molar-refractivity contribution in [1.82, 2.24) is 5.32 Å². The fourth-order valence-corrected chi connectivity index (χ4v) is 1.64. The summed E-state index contributed by atoms with van der Waals surface area (Å²) in [5, 5.41) is 3.62. The van der Waals surface area contributed by atoms with Gasteiger partial charge in [-0.1, -0.05) is 26.3 Å². The smallest absolute Gasteiger partial charge is 0.00725 e. The van der Waals surface area contributed by atoms with E-state index in [-0.39, 0.29) is 0 Å². The van der Waals surface area contributed by atoms with Crippen LogP contribution in [0.3, 0.4) is 0 Å². The second-order valence-electron chi connectivity index (χ2n) is 4.78. The quantitative estimate of drug-likeness (QED) is 0.584. The van der Waals surface area contributed by atoms with Gasteiger partial charge in [-0.3, -0.25) is 0 Å². The Hall–Kier alpha value is -0.300. The molecule has 0 radical (unpaired) electrons. The molecule has 0 heterocycles. The Labute approximate surface area is 90.0 Å². The number of nitrogens with one attached hydrogen (secondary N) is 1. The first kappa shape index (κ1) is 13.7. The second kappa shape index (κ2) is 8.05. The summed E-state index contributed by atoms with van der Waals surface area (Å²) in [6.45, 7) is 14.0. The van der Waals surface area contributed by atoms with Crippen LogP contribution in [0, 0.1) is 5.92 Å². The van der Waals surface area contributed by atoms with Crippen molar-refractivity contribution in [2.75, 3.05) is 6.54 Å². The molecule has 1 atom stereocenters. The molecule has 0 spiro atoms. The summed E-state index contributed by atoms with van der Waals surface area (Å²) in [5.41, 5.74) is 1.30. The third-order valence-electron chi connectivity index (χ3n) is 2.36. The van der Waals surface area contributed by atoms with Crippen LogP contribution in [-0.2, 0) is 0 Å². The molecule has 0 fully saturated rings. The summed E-state index contributed by atoms with van der Waals surface area (Å²) in [4.78, 5) is 0. The van der Waals surface area contributed by atoms with Crippen LogP contribution in [0.5, 0.6) is 0 Å². The van der Waals surface area contributed by atoms with Crippen LogP contribution in [-0.4, -0.2) is 12.6 Å². The first-order chi connectivity index (χ1) is 6.56. The maximum absolute atomic E-state index is 3.96. The molecule has 0 amide bonds. The molecule has 0 aromatic heterocycles. The first-order valence-corrected chi connectivity index (χ1v) is 5.94. The van der Waals surface area contributed by atoms with Crippen molar-refractivity contribution in [3.05, 3.63) is 12.2 Å². The highest BCUT2D eigenvalue weighted by atomic mass is 14.9. The Balaban J connectivity index is 3.77. The van der Waals surface area contributed by atoms with Gasteiger partial charge in [0, 0.05) is 6.04 Å². The van der Waals surface area contributed by atoms with Crippen LogP contribution in [0.2, 0.25) is 0 Å². The molecular weight excluding hydrogens is 170 g/mol. The highest BCUT2D eigenvalue weighted by molar-refractivity contribution is 4.89. The lowest BCUT2D eigenvalue weighted by atomic mass is 9.98. The lowest BCUT2D eigenvalue weighted by Gasteiger charge is -2.20. The number of hydrogen-bond donors (Lipinski definition) is 1. The van der Waals surface area contributed by atoms with Crippen LogP contribution >= 0.6 is 0 Å². The predicted molar refractivity (Wildman–Crippen MR) is 65.6 cm³/mol. The molecule has 1 nitrogen and oxygen atoms in total. The molecule has 0 aromatic carbocycles. The molecule has 1 heteroatoms. The number of allylic oxidation sites excluding steroid dienone is 1. The highest BCUT2D eigenvalue weighted by Gasteiger charge is 2.09. The zero-order valence-electron chi connectivity index (χ0n) is 10.4. The Bertz CT molecular complexity index is 149. The topological polar surface area (TPSA) is 12.0 Å². The monoisotopic (exact) mass is 197 g/mol. The minimum absolute atomic E-state index is 0.687. The maximum atomic E-state index is 3.96. The van der Waals surface area contributed by atoms with E-state index in [0.29, 0.717) is 6.04 Å². The van der Waals surface area contributed by atoms with Crippen molar-refractivity contribution < 1.29 is 0 Å². The van der Waals surface area contributed by atoms with E-state index in [1.54, 1.807) is 0 Å². The Morgan fingerprint density at radius 3 is 2.43 bits per heavy atom. The molecule has 0 bridgehead atoms. The summed E-state index contributed by atoms with van der Waals surface area (Å²) >= 11 is 0. The SMILES string of the molecule is C=C(C)CCC(CC(C)C)NCCC. The Kier molecular flexibility index (Phi) is 7.87. The lowest BCUT2D eigenvalue weighted by molar-refractivity contribution is 0.398. The van der Waals surface area contributed by atoms with Crippen LogP contribution in [0.15, 0.2) is 12.2 Å². The van der Waals surface area contributed by atoms with Crippen molar-refractivity contribution in [1.29, 1.82) is 0 Å². The molecule has 14 heavy (non-hydrogen) atoms. The highest BCUT2D eigenvalue weighted by Crippen LogP contribution is 2.12. The van der Waals surface area contributed by atoms with Crippen molar-refractivity contribution in [3.63, 3.8) is 0 Å². The summed E-state index contributed by atoms with van der Waals surface area (Å²) in [6.07, 6.45) is 4.91. The standard InChI is InChI=1S/C13H27N/c1-6-9-14-13(10-12(4)5)8-7-11(2)3/h12-14H,2,6-10H2,1,3-5H3. The van der Waals surface area contributed by atoms with E-state index in [1.165, 1.54) is 24.8 Å². The molecule has 0 aliphatic rings. The van der Waals surface area contributed by atoms with Gasteiger partial charge < -0.3 is 5.32 Å². The summed E-state index contributed by atoms with van der Waals surface area (Å²) in [6, 6.07) is 0.687. The fraction of sp³-hybridized carbons (Fsp3) is 0.846. The van der Waals surface area contributed by atoms with E-state index in [2.05, 4.69) is 39.6 Å². The van der Waals surface area contributed by atoms with Gasteiger partial charge in [0.2, 0.25) is 0 Å². The van der Waals surface area contributed by atoms with E-state index in [9.17, 15) is 0 Å². The molecule has 0 aliphatic carbocycles. The first-order valence-electron chi connectivity index (χ1n) is 5.94. The van der Waals surface area contributed by atoms with E-state index in [1.807, 2.05) is 0 Å². The van der Waals surface area contributed by atoms with Gasteiger partial charge in [-0.25, -0.2) is 0 Å². The van der Waals surface area contributed by atoms with E-state index in [0.717, 1.165) is 18.9 Å². The van der Waals surface area contributed by atoms with Crippen molar-refractivity contribution in [2.24, 2.45) is 5.92 Å². The van der Waals surface area contributed by atoms with Crippen LogP contribution in [0.4, 0.5) is 0 Å². The van der Waals surface area contributed by atoms with E-state index < -0.39 is 0 Å². The largest absolute Gasteiger partial charge is 0.314 e. The third kappa shape index (κ3) is 8.31. The molecule has 1 N–H and O–H groups in total. The molecule has 0 aromatic rings. The summed E-state index contributed by atoms with van der Waals surface area (Å²) < 4.78 is 0. The fourth-order valence-electron chi connectivity index (χ4n) is 1.64. The summed E-state index contributed by atoms with van der Waals surface area (Å²) in [5.74, 6) is 0.787. The zero-order valence-corrected chi connectivity index (χ0v) is 10.4. The van der Waals surface area contributed by atoms with Crippen LogP contribution in [0.25, 0.3) is 0 Å². The van der Waals surface area contributed by atoms with Crippen molar-refractivity contribution in [2.45, 2.75) is 59.4 Å². The normalized spacial score (nSPS) is 13.2. The molecule has 0 saturated heterocycles. The zero-order chi connectivity index (χ0) is 11.0. The lowest BCUT2D eigenvalue weighted by Crippen LogP contribution is -2.31. The van der Waals surface area contributed by atoms with Gasteiger partial charge in [-0.2, -0.15) is 0 Å². The van der Waals surface area contributed by atoms with Crippen LogP contribution < -0.4 is 5.32 Å². The molecule has 0 aliphatic heterocycles. The minimum atomic E-state index is 0.687. The predicted octanol–water partition coefficient (Wildman–Crippen LogP) is 3.76. The average Bonchev–Trinajstić information content (AvgIpc) is 2.09. The van der Waals surface area contributed by atoms with Gasteiger partial charge >= 0.3 is 0 Å². The molecular formula is C13H27N.